The largest absolute Gasteiger partial charge is 1.00 e. The fourth-order valence-corrected chi connectivity index (χ4v) is 3.81. The average molecular weight is 526 g/mol. The zero-order valence-electron chi connectivity index (χ0n) is 19.5. The van der Waals surface area contributed by atoms with Crippen molar-refractivity contribution in [1.82, 2.24) is 4.98 Å². The SMILES string of the molecule is O=C([O-])CCC(=O)OC[C@@H]1CN(c2ccc3cc(-c4ccccc4C(F)(F)F)[nH]c(=O)c3c2)C(=O)O1.[Na+]. The maximum Gasteiger partial charge on any atom is 1.00 e. The van der Waals surface area contributed by atoms with E-state index in [-0.39, 0.29) is 65.8 Å². The van der Waals surface area contributed by atoms with Gasteiger partial charge in [0, 0.05) is 28.3 Å². The van der Waals surface area contributed by atoms with E-state index in [1.165, 1.54) is 47.4 Å². The molecule has 0 saturated carbocycles. The van der Waals surface area contributed by atoms with Gasteiger partial charge in [0.15, 0.2) is 6.10 Å². The van der Waals surface area contributed by atoms with Gasteiger partial charge in [0.05, 0.1) is 18.5 Å². The number of esters is 1. The first-order valence-electron chi connectivity index (χ1n) is 10.7. The number of cyclic esters (lactones) is 1. The number of aromatic amines is 1. The minimum absolute atomic E-state index is 0. The van der Waals surface area contributed by atoms with E-state index in [2.05, 4.69) is 4.98 Å². The number of benzene rings is 2. The molecule has 0 spiro atoms. The van der Waals surface area contributed by atoms with Crippen molar-refractivity contribution in [2.75, 3.05) is 18.1 Å². The fraction of sp³-hybridized carbons (Fsp3) is 0.250. The predicted octanol–water partition coefficient (Wildman–Crippen LogP) is -0.384. The molecule has 9 nitrogen and oxygen atoms in total. The molecule has 4 rings (SSSR count). The fourth-order valence-electron chi connectivity index (χ4n) is 3.81. The maximum atomic E-state index is 13.4. The maximum absolute atomic E-state index is 13.4. The Morgan fingerprint density at radius 1 is 1.11 bits per heavy atom. The Morgan fingerprint density at radius 3 is 2.54 bits per heavy atom. The number of amides is 1. The number of nitrogens with one attached hydrogen (secondary N) is 1. The van der Waals surface area contributed by atoms with Crippen molar-refractivity contribution in [3.63, 3.8) is 0 Å². The Bertz CT molecular complexity index is 1410. The van der Waals surface area contributed by atoms with E-state index in [0.29, 0.717) is 11.1 Å². The number of halogens is 3. The second-order valence-electron chi connectivity index (χ2n) is 8.00. The van der Waals surface area contributed by atoms with Crippen LogP contribution in [-0.4, -0.2) is 42.3 Å². The summed E-state index contributed by atoms with van der Waals surface area (Å²) in [6, 6.07) is 10.7. The first-order chi connectivity index (χ1) is 17.0. The normalized spacial score (nSPS) is 15.3. The van der Waals surface area contributed by atoms with Crippen molar-refractivity contribution < 1.29 is 71.7 Å². The van der Waals surface area contributed by atoms with E-state index >= 15 is 0 Å². The molecule has 1 atom stereocenters. The number of pyridine rings is 1. The summed E-state index contributed by atoms with van der Waals surface area (Å²) in [4.78, 5) is 50.7. The Kier molecular flexibility index (Phi) is 8.67. The van der Waals surface area contributed by atoms with Gasteiger partial charge in [0.25, 0.3) is 5.56 Å². The molecule has 2 aromatic carbocycles. The van der Waals surface area contributed by atoms with E-state index in [4.69, 9.17) is 9.47 Å². The molecule has 2 heterocycles. The Morgan fingerprint density at radius 2 is 1.84 bits per heavy atom. The molecule has 188 valence electrons. The zero-order valence-corrected chi connectivity index (χ0v) is 21.5. The van der Waals surface area contributed by atoms with E-state index < -0.39 is 47.9 Å². The van der Waals surface area contributed by atoms with Gasteiger partial charge in [0.2, 0.25) is 0 Å². The van der Waals surface area contributed by atoms with Crippen molar-refractivity contribution in [1.29, 1.82) is 0 Å². The predicted molar refractivity (Wildman–Crippen MR) is 118 cm³/mol. The van der Waals surface area contributed by atoms with Crippen LogP contribution in [0.25, 0.3) is 22.0 Å². The van der Waals surface area contributed by atoms with Crippen LogP contribution in [-0.2, 0) is 25.2 Å². The monoisotopic (exact) mass is 526 g/mol. The molecule has 13 heteroatoms. The topological polar surface area (TPSA) is 129 Å². The number of ether oxygens (including phenoxy) is 2. The van der Waals surface area contributed by atoms with Crippen LogP contribution < -0.4 is 45.1 Å². The van der Waals surface area contributed by atoms with Gasteiger partial charge in [-0.05, 0) is 36.1 Å². The number of aromatic nitrogens is 1. The molecule has 1 aliphatic heterocycles. The molecule has 1 aliphatic rings. The molecule has 37 heavy (non-hydrogen) atoms. The number of aliphatic carboxylic acids is 1. The summed E-state index contributed by atoms with van der Waals surface area (Å²) in [6.45, 7) is -0.294. The molecular weight excluding hydrogens is 508 g/mol. The molecule has 1 amide bonds. The van der Waals surface area contributed by atoms with E-state index in [1.54, 1.807) is 0 Å². The van der Waals surface area contributed by atoms with Crippen LogP contribution in [0.1, 0.15) is 18.4 Å². The Hall–Kier alpha value is -3.35. The van der Waals surface area contributed by atoms with Gasteiger partial charge in [-0.15, -0.1) is 0 Å². The van der Waals surface area contributed by atoms with Gasteiger partial charge in [0.1, 0.15) is 6.61 Å². The summed E-state index contributed by atoms with van der Waals surface area (Å²) >= 11 is 0. The van der Waals surface area contributed by atoms with E-state index in [9.17, 15) is 37.5 Å². The number of hydrogen-bond donors (Lipinski definition) is 1. The number of carbonyl (C=O) groups excluding carboxylic acids is 3. The number of nitrogens with zero attached hydrogens (tertiary/aromatic N) is 1. The summed E-state index contributed by atoms with van der Waals surface area (Å²) in [5.41, 5.74) is -1.41. The van der Waals surface area contributed by atoms with Crippen LogP contribution >= 0.6 is 0 Å². The van der Waals surface area contributed by atoms with Gasteiger partial charge < -0.3 is 24.4 Å². The van der Waals surface area contributed by atoms with Crippen LogP contribution in [0, 0.1) is 0 Å². The smallest absolute Gasteiger partial charge is 0.550 e. The minimum atomic E-state index is -4.61. The number of carboxylic acid groups (broad SMARTS) is 1. The van der Waals surface area contributed by atoms with E-state index in [0.717, 1.165) is 6.07 Å². The molecule has 3 aromatic rings. The van der Waals surface area contributed by atoms with Crippen molar-refractivity contribution in [3.8, 4) is 11.3 Å². The molecule has 0 unspecified atom stereocenters. The third-order valence-electron chi connectivity index (χ3n) is 5.50. The molecule has 1 saturated heterocycles. The van der Waals surface area contributed by atoms with Gasteiger partial charge in [-0.25, -0.2) is 4.79 Å². The molecule has 0 bridgehead atoms. The number of anilines is 1. The number of rotatable bonds is 7. The third-order valence-corrected chi connectivity index (χ3v) is 5.50. The standard InChI is InChI=1S/C24H19F3N2O7.Na/c25-24(26,27)18-4-2-1-3-16(18)19-9-13-5-6-14(10-17(13)22(33)28-19)29-11-15(36-23(29)34)12-35-21(32)8-7-20(30)31;/h1-6,9-10,15H,7-8,11-12H2,(H,28,33)(H,30,31);/q;+1/p-1/t15-;/m0./s1. The third kappa shape index (κ3) is 6.51. The second kappa shape index (κ2) is 11.4. The zero-order chi connectivity index (χ0) is 26.0. The number of carboxylic acids is 1. The van der Waals surface area contributed by atoms with Crippen molar-refractivity contribution >= 4 is 34.5 Å². The number of fused-ring (bicyclic) bond motifs is 1. The molecule has 1 aromatic heterocycles. The molecule has 0 aliphatic carbocycles. The summed E-state index contributed by atoms with van der Waals surface area (Å²) in [6.07, 6.45) is -7.06. The second-order valence-corrected chi connectivity index (χ2v) is 8.00. The van der Waals surface area contributed by atoms with Crippen LogP contribution in [0.2, 0.25) is 0 Å². The quantitative estimate of drug-likeness (QED) is 0.328. The van der Waals surface area contributed by atoms with Gasteiger partial charge in [-0.2, -0.15) is 13.2 Å². The first-order valence-corrected chi connectivity index (χ1v) is 10.7. The number of hydrogen-bond acceptors (Lipinski definition) is 7. The molecule has 0 radical (unpaired) electrons. The first kappa shape index (κ1) is 28.2. The molecular formula is C24H18F3N2NaO7. The number of carbonyl (C=O) groups is 3. The van der Waals surface area contributed by atoms with Crippen molar-refractivity contribution in [2.45, 2.75) is 25.1 Å². The summed E-state index contributed by atoms with van der Waals surface area (Å²) < 4.78 is 50.3. The summed E-state index contributed by atoms with van der Waals surface area (Å²) in [5.74, 6) is -2.18. The summed E-state index contributed by atoms with van der Waals surface area (Å²) in [5, 5.41) is 10.9. The molecule has 1 N–H and O–H groups in total. The van der Waals surface area contributed by atoms with Gasteiger partial charge >= 0.3 is 47.8 Å². The van der Waals surface area contributed by atoms with Crippen LogP contribution in [0.5, 0.6) is 0 Å². The number of alkyl halides is 3. The van der Waals surface area contributed by atoms with Crippen molar-refractivity contribution in [3.05, 3.63) is 64.4 Å². The van der Waals surface area contributed by atoms with Crippen LogP contribution in [0.3, 0.4) is 0 Å². The minimum Gasteiger partial charge on any atom is -0.550 e. The Balaban J connectivity index is 0.00000380. The Labute approximate surface area is 229 Å². The number of H-pyrrole nitrogens is 1. The van der Waals surface area contributed by atoms with E-state index in [1.807, 2.05) is 0 Å². The average Bonchev–Trinajstić information content (AvgIpc) is 3.21. The van der Waals surface area contributed by atoms with Gasteiger partial charge in [-0.3, -0.25) is 14.5 Å². The summed E-state index contributed by atoms with van der Waals surface area (Å²) in [7, 11) is 0. The van der Waals surface area contributed by atoms with Crippen LogP contribution in [0.15, 0.2) is 53.3 Å². The van der Waals surface area contributed by atoms with Crippen molar-refractivity contribution in [2.24, 2.45) is 0 Å². The molecule has 1 fully saturated rings. The van der Waals surface area contributed by atoms with Gasteiger partial charge in [-0.1, -0.05) is 24.3 Å². The van der Waals surface area contributed by atoms with Crippen LogP contribution in [0.4, 0.5) is 23.7 Å².